The van der Waals surface area contributed by atoms with Crippen molar-refractivity contribution in [3.8, 4) is 0 Å². The maximum atomic E-state index is 6.11. The largest absolute Gasteiger partial charge is 0.366 e. The van der Waals surface area contributed by atoms with Crippen molar-refractivity contribution in [1.29, 1.82) is 0 Å². The van der Waals surface area contributed by atoms with Gasteiger partial charge in [-0.25, -0.2) is 0 Å². The van der Waals surface area contributed by atoms with E-state index in [-0.39, 0.29) is 5.60 Å². The normalized spacial score (nSPS) is 16.4. The highest BCUT2D eigenvalue weighted by molar-refractivity contribution is 5.37. The van der Waals surface area contributed by atoms with E-state index in [1.807, 2.05) is 26.0 Å². The summed E-state index contributed by atoms with van der Waals surface area (Å²) in [6.45, 7) is 0.851. The molecule has 2 heteroatoms. The van der Waals surface area contributed by atoms with Gasteiger partial charge in [0.2, 0.25) is 0 Å². The summed E-state index contributed by atoms with van der Waals surface area (Å²) >= 11 is 0. The molecule has 1 fully saturated rings. The first kappa shape index (κ1) is 15.7. The van der Waals surface area contributed by atoms with Crippen molar-refractivity contribution in [2.45, 2.75) is 18.4 Å². The van der Waals surface area contributed by atoms with Gasteiger partial charge in [-0.15, -0.1) is 0 Å². The Kier molecular flexibility index (Phi) is 5.54. The van der Waals surface area contributed by atoms with Crippen molar-refractivity contribution in [1.82, 2.24) is 4.90 Å². The third-order valence-electron chi connectivity index (χ3n) is 3.50. The van der Waals surface area contributed by atoms with Crippen molar-refractivity contribution in [3.05, 3.63) is 71.8 Å². The average molecular weight is 283 g/mol. The third-order valence-corrected chi connectivity index (χ3v) is 3.50. The van der Waals surface area contributed by atoms with Crippen molar-refractivity contribution in [3.63, 3.8) is 0 Å². The third kappa shape index (κ3) is 3.93. The van der Waals surface area contributed by atoms with Gasteiger partial charge in [0.05, 0.1) is 0 Å². The van der Waals surface area contributed by atoms with Crippen LogP contribution in [0, 0.1) is 0 Å². The van der Waals surface area contributed by atoms with Gasteiger partial charge in [-0.3, -0.25) is 0 Å². The minimum Gasteiger partial charge on any atom is -0.366 e. The zero-order valence-corrected chi connectivity index (χ0v) is 13.3. The van der Waals surface area contributed by atoms with Gasteiger partial charge in [0.25, 0.3) is 0 Å². The van der Waals surface area contributed by atoms with Gasteiger partial charge in [-0.1, -0.05) is 60.7 Å². The smallest absolute Gasteiger partial charge is 0.118 e. The summed E-state index contributed by atoms with van der Waals surface area (Å²) in [5, 5.41) is 0. The van der Waals surface area contributed by atoms with Crippen LogP contribution < -0.4 is 0 Å². The maximum absolute atomic E-state index is 6.11. The number of benzene rings is 2. The summed E-state index contributed by atoms with van der Waals surface area (Å²) in [7, 11) is 6.00. The van der Waals surface area contributed by atoms with E-state index in [2.05, 4.69) is 60.7 Å². The van der Waals surface area contributed by atoms with Gasteiger partial charge in [-0.2, -0.15) is 0 Å². The second-order valence-electron chi connectivity index (χ2n) is 5.85. The Bertz CT molecular complexity index is 472. The molecule has 0 N–H and O–H groups in total. The predicted octanol–water partition coefficient (Wildman–Crippen LogP) is 3.92. The van der Waals surface area contributed by atoms with E-state index in [0.29, 0.717) is 0 Å². The fourth-order valence-electron chi connectivity index (χ4n) is 2.68. The lowest BCUT2D eigenvalue weighted by molar-refractivity contribution is 0.0360. The molecule has 2 aromatic carbocycles. The first-order valence-electron chi connectivity index (χ1n) is 7.51. The molecule has 0 radical (unpaired) electrons. The van der Waals surface area contributed by atoms with Crippen molar-refractivity contribution in [2.24, 2.45) is 0 Å². The first-order chi connectivity index (χ1) is 10.1. The summed E-state index contributed by atoms with van der Waals surface area (Å²) in [5.74, 6) is 0. The number of hydrogen-bond donors (Lipinski definition) is 0. The summed E-state index contributed by atoms with van der Waals surface area (Å²) in [6.07, 6.45) is 2.20. The SMILES string of the molecule is CN(C)C.c1ccc(C2(c3ccccc3)CCCO2)cc1. The standard InChI is InChI=1S/C16H16O.C3H9N/c1-3-8-14(9-4-1)16(12-7-13-17-16)15-10-5-2-6-11-15;1-4(2)3/h1-6,8-11H,7,12-13H2;1-3H3. The molecule has 1 aliphatic heterocycles. The Morgan fingerprint density at radius 3 is 1.57 bits per heavy atom. The lowest BCUT2D eigenvalue weighted by Crippen LogP contribution is -2.26. The highest BCUT2D eigenvalue weighted by atomic mass is 16.5. The van der Waals surface area contributed by atoms with E-state index in [0.717, 1.165) is 19.4 Å². The van der Waals surface area contributed by atoms with Crippen molar-refractivity contribution in [2.75, 3.05) is 27.7 Å². The van der Waals surface area contributed by atoms with Gasteiger partial charge in [0, 0.05) is 6.61 Å². The summed E-state index contributed by atoms with van der Waals surface area (Å²) < 4.78 is 6.11. The minimum atomic E-state index is -0.220. The molecular formula is C19H25NO. The van der Waals surface area contributed by atoms with Crippen LogP contribution in [0.5, 0.6) is 0 Å². The molecule has 0 aromatic heterocycles. The molecule has 0 spiro atoms. The van der Waals surface area contributed by atoms with Crippen molar-refractivity contribution < 1.29 is 4.74 Å². The second kappa shape index (κ2) is 7.39. The van der Waals surface area contributed by atoms with E-state index in [9.17, 15) is 0 Å². The molecule has 2 nitrogen and oxygen atoms in total. The monoisotopic (exact) mass is 283 g/mol. The van der Waals surface area contributed by atoms with Crippen LogP contribution in [0.4, 0.5) is 0 Å². The fourth-order valence-corrected chi connectivity index (χ4v) is 2.68. The molecule has 0 bridgehead atoms. The molecule has 0 saturated carbocycles. The molecule has 1 heterocycles. The zero-order chi connectivity index (χ0) is 15.1. The molecule has 0 amide bonds. The van der Waals surface area contributed by atoms with Crippen LogP contribution in [0.25, 0.3) is 0 Å². The molecule has 0 atom stereocenters. The number of hydrogen-bond acceptors (Lipinski definition) is 2. The summed E-state index contributed by atoms with van der Waals surface area (Å²) in [5.41, 5.74) is 2.31. The van der Waals surface area contributed by atoms with Crippen LogP contribution in [0.3, 0.4) is 0 Å². The molecule has 112 valence electrons. The molecule has 21 heavy (non-hydrogen) atoms. The van der Waals surface area contributed by atoms with E-state index in [4.69, 9.17) is 4.74 Å². The van der Waals surface area contributed by atoms with E-state index < -0.39 is 0 Å². The van der Waals surface area contributed by atoms with Crippen LogP contribution in [-0.4, -0.2) is 32.6 Å². The Morgan fingerprint density at radius 2 is 1.24 bits per heavy atom. The molecule has 0 aliphatic carbocycles. The van der Waals surface area contributed by atoms with Crippen LogP contribution >= 0.6 is 0 Å². The predicted molar refractivity (Wildman–Crippen MR) is 88.5 cm³/mol. The van der Waals surface area contributed by atoms with Crippen LogP contribution in [0.15, 0.2) is 60.7 Å². The molecule has 0 unspecified atom stereocenters. The Morgan fingerprint density at radius 1 is 0.810 bits per heavy atom. The minimum absolute atomic E-state index is 0.220. The lowest BCUT2D eigenvalue weighted by Gasteiger charge is -2.29. The number of nitrogens with zero attached hydrogens (tertiary/aromatic N) is 1. The summed E-state index contributed by atoms with van der Waals surface area (Å²) in [4.78, 5) is 2.00. The van der Waals surface area contributed by atoms with Crippen molar-refractivity contribution >= 4 is 0 Å². The lowest BCUT2D eigenvalue weighted by atomic mass is 9.84. The molecule has 1 aliphatic rings. The second-order valence-corrected chi connectivity index (χ2v) is 5.85. The van der Waals surface area contributed by atoms with Gasteiger partial charge >= 0.3 is 0 Å². The van der Waals surface area contributed by atoms with Crippen LogP contribution in [0.1, 0.15) is 24.0 Å². The summed E-state index contributed by atoms with van der Waals surface area (Å²) in [6, 6.07) is 21.1. The highest BCUT2D eigenvalue weighted by Gasteiger charge is 2.38. The topological polar surface area (TPSA) is 12.5 Å². The van der Waals surface area contributed by atoms with E-state index >= 15 is 0 Å². The molecular weight excluding hydrogens is 258 g/mol. The average Bonchev–Trinajstić information content (AvgIpc) is 2.99. The molecule has 2 aromatic rings. The Hall–Kier alpha value is -1.64. The van der Waals surface area contributed by atoms with Crippen LogP contribution in [-0.2, 0) is 10.3 Å². The molecule has 3 rings (SSSR count). The zero-order valence-electron chi connectivity index (χ0n) is 13.3. The Balaban J connectivity index is 0.000000361. The van der Waals surface area contributed by atoms with Crippen LogP contribution in [0.2, 0.25) is 0 Å². The Labute approximate surface area is 128 Å². The van der Waals surface area contributed by atoms with Gasteiger partial charge in [-0.05, 0) is 45.1 Å². The first-order valence-corrected chi connectivity index (χ1v) is 7.51. The number of ether oxygens (including phenoxy) is 1. The van der Waals surface area contributed by atoms with Gasteiger partial charge < -0.3 is 9.64 Å². The van der Waals surface area contributed by atoms with E-state index in [1.54, 1.807) is 0 Å². The quantitative estimate of drug-likeness (QED) is 0.828. The maximum Gasteiger partial charge on any atom is 0.118 e. The molecule has 1 saturated heterocycles. The van der Waals surface area contributed by atoms with Gasteiger partial charge in [0.1, 0.15) is 5.60 Å². The highest BCUT2D eigenvalue weighted by Crippen LogP contribution is 2.41. The number of rotatable bonds is 2. The van der Waals surface area contributed by atoms with E-state index in [1.165, 1.54) is 11.1 Å². The fraction of sp³-hybridized carbons (Fsp3) is 0.368. The van der Waals surface area contributed by atoms with Gasteiger partial charge in [0.15, 0.2) is 0 Å².